The van der Waals surface area contributed by atoms with Crippen molar-refractivity contribution in [3.8, 4) is 0 Å². The predicted octanol–water partition coefficient (Wildman–Crippen LogP) is -1.85. The molecule has 122 valence electrons. The van der Waals surface area contributed by atoms with Crippen molar-refractivity contribution < 1.29 is 29.2 Å². The summed E-state index contributed by atoms with van der Waals surface area (Å²) in [5.74, 6) is 0. The molecule has 0 amide bonds. The van der Waals surface area contributed by atoms with Gasteiger partial charge in [-0.2, -0.15) is 0 Å². The second-order valence-electron chi connectivity index (χ2n) is 5.05. The Morgan fingerprint density at radius 3 is 1.52 bits per heavy atom. The van der Waals surface area contributed by atoms with Gasteiger partial charge >= 0.3 is 27.5 Å². The highest BCUT2D eigenvalue weighted by atomic mass is 31.2. The number of nitrogens with one attached hydrogen (secondary N) is 1. The van der Waals surface area contributed by atoms with E-state index in [1.807, 2.05) is 0 Å². The molecule has 1 saturated heterocycles. The molecule has 0 bridgehead atoms. The third-order valence-electron chi connectivity index (χ3n) is 3.10. The first-order valence-electron chi connectivity index (χ1n) is 6.52. The predicted molar refractivity (Wildman–Crippen MR) is 82.0 cm³/mol. The number of rotatable bonds is 6. The van der Waals surface area contributed by atoms with Crippen LogP contribution < -0.4 is 5.32 Å². The number of hydrogen-bond acceptors (Lipinski definition) is 9. The molecular weight excluding hydrogens is 320 g/mol. The van der Waals surface area contributed by atoms with Crippen molar-refractivity contribution >= 4 is 27.5 Å². The summed E-state index contributed by atoms with van der Waals surface area (Å²) in [6, 6.07) is 0.379. The lowest BCUT2D eigenvalue weighted by atomic mass is 10.5. The molecule has 0 saturated carbocycles. The van der Waals surface area contributed by atoms with Crippen LogP contribution in [-0.2, 0) is 9.59 Å². The maximum absolute atomic E-state index is 10.6. The van der Waals surface area contributed by atoms with Crippen molar-refractivity contribution in [3.05, 3.63) is 0 Å². The molecule has 0 aromatic rings. The van der Waals surface area contributed by atoms with Crippen LogP contribution in [0.25, 0.3) is 0 Å². The van der Waals surface area contributed by atoms with Gasteiger partial charge < -0.3 is 5.32 Å². The van der Waals surface area contributed by atoms with Gasteiger partial charge in [-0.15, -0.1) is 0 Å². The fourth-order valence-electron chi connectivity index (χ4n) is 2.04. The van der Waals surface area contributed by atoms with Crippen molar-refractivity contribution in [2.45, 2.75) is 0 Å². The molecule has 0 aliphatic carbocycles. The zero-order chi connectivity index (χ0) is 15.9. The van der Waals surface area contributed by atoms with Crippen molar-refractivity contribution in [1.82, 2.24) is 15.1 Å². The van der Waals surface area contributed by atoms with Gasteiger partial charge in [0.2, 0.25) is 0 Å². The Labute approximate surface area is 124 Å². The summed E-state index contributed by atoms with van der Waals surface area (Å²) in [5, 5.41) is 3.13. The molecule has 0 spiro atoms. The fraction of sp³-hybridized carbons (Fsp3) is 0.800. The van der Waals surface area contributed by atoms with E-state index in [0.29, 0.717) is 39.3 Å². The Kier molecular flexibility index (Phi) is 7.70. The van der Waals surface area contributed by atoms with Crippen LogP contribution >= 0.6 is 15.4 Å². The maximum Gasteiger partial charge on any atom is 0.348 e. The first-order chi connectivity index (χ1) is 9.78. The smallest absolute Gasteiger partial charge is 0.314 e. The number of carbonyl (C=O) groups is 2. The first kappa shape index (κ1) is 19.0. The minimum absolute atomic E-state index is 0.113. The molecule has 21 heavy (non-hydrogen) atoms. The first-order valence-corrected chi connectivity index (χ1v) is 10.4. The number of carbonyl (C=O) groups excluding carboxylic acids is 2. The second kappa shape index (κ2) is 8.53. The normalized spacial score (nSPS) is 20.4. The van der Waals surface area contributed by atoms with Crippen LogP contribution in [0.3, 0.4) is 0 Å². The van der Waals surface area contributed by atoms with E-state index in [-0.39, 0.29) is 24.6 Å². The second-order valence-corrected chi connectivity index (χ2v) is 9.18. The van der Waals surface area contributed by atoms with Crippen LogP contribution in [0.2, 0.25) is 0 Å². The summed E-state index contributed by atoms with van der Waals surface area (Å²) in [7, 11) is -7.11. The van der Waals surface area contributed by atoms with E-state index in [9.17, 15) is 29.2 Å². The average Bonchev–Trinajstić information content (AvgIpc) is 2.52. The number of hydrogen-bond donors (Lipinski definition) is 5. The fourth-order valence-corrected chi connectivity index (χ4v) is 3.92. The van der Waals surface area contributed by atoms with Crippen LogP contribution in [-0.4, -0.2) is 93.3 Å². The molecule has 0 aromatic carbocycles. The third-order valence-corrected chi connectivity index (χ3v) is 5.40. The molecule has 0 radical (unpaired) electrons. The van der Waals surface area contributed by atoms with E-state index in [0.717, 1.165) is 0 Å². The topological polar surface area (TPSA) is 134 Å². The van der Waals surface area contributed by atoms with Gasteiger partial charge in [0, 0.05) is 39.3 Å². The molecule has 5 N–H and O–H groups in total. The van der Waals surface area contributed by atoms with E-state index in [1.165, 1.54) is 0 Å². The van der Waals surface area contributed by atoms with Gasteiger partial charge in [-0.05, 0) is 0 Å². The zero-order valence-corrected chi connectivity index (χ0v) is 13.5. The Morgan fingerprint density at radius 1 is 0.810 bits per heavy atom. The van der Waals surface area contributed by atoms with E-state index >= 15 is 0 Å². The summed E-state index contributed by atoms with van der Waals surface area (Å²) in [4.78, 5) is 62.7. The maximum atomic E-state index is 10.6. The third kappa shape index (κ3) is 7.65. The molecule has 11 heteroatoms. The van der Waals surface area contributed by atoms with E-state index < -0.39 is 15.4 Å². The highest BCUT2D eigenvalue weighted by molar-refractivity contribution is 7.79. The molecule has 0 atom stereocenters. The molecule has 0 aromatic heterocycles. The SMILES string of the molecule is O=C[P+](O)(O)CN1CCNCCN(C[P+](O)(O)C=O)CC1. The van der Waals surface area contributed by atoms with Gasteiger partial charge in [0.25, 0.3) is 0 Å². The van der Waals surface area contributed by atoms with E-state index in [4.69, 9.17) is 0 Å². The molecule has 0 unspecified atom stereocenters. The monoisotopic (exact) mass is 343 g/mol. The highest BCUT2D eigenvalue weighted by Gasteiger charge is 2.38. The zero-order valence-electron chi connectivity index (χ0n) is 11.7. The van der Waals surface area contributed by atoms with Gasteiger partial charge in [-0.25, -0.2) is 19.6 Å². The van der Waals surface area contributed by atoms with Crippen molar-refractivity contribution in [2.24, 2.45) is 0 Å². The summed E-state index contributed by atoms with van der Waals surface area (Å²) in [5.41, 5.74) is 0. The Balaban J connectivity index is 2.60. The van der Waals surface area contributed by atoms with E-state index in [1.54, 1.807) is 9.80 Å². The standard InChI is InChI=1S/C10H23N3O6P2/c14-9-20(16,17)7-12-3-1-11-2-4-13(6-5-12)8-21(18,19)10-15/h9-11,16-19H,1-8H2/q+2. The Hall–Kier alpha value is -0.0800. The summed E-state index contributed by atoms with van der Waals surface area (Å²) < 4.78 is 0. The Bertz CT molecular complexity index is 326. The van der Waals surface area contributed by atoms with Gasteiger partial charge in [0.1, 0.15) is 0 Å². The molecule has 1 fully saturated rings. The highest BCUT2D eigenvalue weighted by Crippen LogP contribution is 2.47. The van der Waals surface area contributed by atoms with Crippen LogP contribution in [0.15, 0.2) is 0 Å². The van der Waals surface area contributed by atoms with Crippen molar-refractivity contribution in [3.63, 3.8) is 0 Å². The van der Waals surface area contributed by atoms with Crippen LogP contribution in [0, 0.1) is 0 Å². The van der Waals surface area contributed by atoms with Crippen LogP contribution in [0.5, 0.6) is 0 Å². The quantitative estimate of drug-likeness (QED) is 0.278. The van der Waals surface area contributed by atoms with Crippen LogP contribution in [0.4, 0.5) is 0 Å². The van der Waals surface area contributed by atoms with Gasteiger partial charge in [0.15, 0.2) is 12.6 Å². The van der Waals surface area contributed by atoms with Gasteiger partial charge in [0.05, 0.1) is 0 Å². The van der Waals surface area contributed by atoms with E-state index in [2.05, 4.69) is 5.32 Å². The van der Waals surface area contributed by atoms with Gasteiger partial charge in [-0.3, -0.25) is 19.4 Å². The molecule has 1 aliphatic rings. The van der Waals surface area contributed by atoms with Gasteiger partial charge in [-0.1, -0.05) is 0 Å². The molecule has 1 heterocycles. The summed E-state index contributed by atoms with van der Waals surface area (Å²) in [6.45, 7) is 3.24. The minimum atomic E-state index is -3.55. The molecule has 1 aliphatic heterocycles. The Morgan fingerprint density at radius 2 is 1.19 bits per heavy atom. The average molecular weight is 343 g/mol. The van der Waals surface area contributed by atoms with Crippen molar-refractivity contribution in [2.75, 3.05) is 51.8 Å². The van der Waals surface area contributed by atoms with Crippen LogP contribution in [0.1, 0.15) is 0 Å². The number of nitrogens with zero attached hydrogens (tertiary/aromatic N) is 2. The minimum Gasteiger partial charge on any atom is -0.314 e. The molecular formula is C10H23N3O6P2+2. The molecule has 1 rings (SSSR count). The lowest BCUT2D eigenvalue weighted by Gasteiger charge is -2.24. The summed E-state index contributed by atoms with van der Waals surface area (Å²) >= 11 is 0. The largest absolute Gasteiger partial charge is 0.348 e. The lowest BCUT2D eigenvalue weighted by molar-refractivity contribution is 0.244. The summed E-state index contributed by atoms with van der Waals surface area (Å²) in [6.07, 6.45) is -0.226. The molecule has 9 nitrogen and oxygen atoms in total. The van der Waals surface area contributed by atoms with Crippen molar-refractivity contribution in [1.29, 1.82) is 0 Å². The lowest BCUT2D eigenvalue weighted by Crippen LogP contribution is -2.38.